The minimum Gasteiger partial charge on any atom is -0.495 e. The highest BCUT2D eigenvalue weighted by Crippen LogP contribution is 2.35. The van der Waals surface area contributed by atoms with E-state index in [-0.39, 0.29) is 12.0 Å². The molecule has 2 N–H and O–H groups in total. The second-order valence-corrected chi connectivity index (χ2v) is 4.88. The van der Waals surface area contributed by atoms with Crippen molar-refractivity contribution in [2.75, 3.05) is 14.2 Å². The fraction of sp³-hybridized carbons (Fsp3) is 0.286. The third-order valence-corrected chi connectivity index (χ3v) is 3.50. The maximum absolute atomic E-state index is 12.1. The minimum atomic E-state index is -1.13. The maximum atomic E-state index is 12.1. The summed E-state index contributed by atoms with van der Waals surface area (Å²) in [5.41, 5.74) is 0.238. The van der Waals surface area contributed by atoms with Crippen molar-refractivity contribution in [2.24, 2.45) is 0 Å². The Bertz CT molecular complexity index is 533. The van der Waals surface area contributed by atoms with Gasteiger partial charge in [0.2, 0.25) is 0 Å². The molecule has 0 fully saturated rings. The van der Waals surface area contributed by atoms with E-state index in [4.69, 9.17) is 14.6 Å². The Kier molecular flexibility index (Phi) is 6.23. The number of ether oxygens (including phenoxy) is 2. The van der Waals surface area contributed by atoms with Crippen LogP contribution in [0, 0.1) is 0 Å². The van der Waals surface area contributed by atoms with Gasteiger partial charge in [-0.3, -0.25) is 4.79 Å². The number of rotatable bonds is 7. The van der Waals surface area contributed by atoms with Crippen molar-refractivity contribution in [3.8, 4) is 11.5 Å². The molecule has 1 aromatic rings. The van der Waals surface area contributed by atoms with Crippen LogP contribution >= 0.6 is 15.9 Å². The van der Waals surface area contributed by atoms with Gasteiger partial charge in [-0.05, 0) is 34.5 Å². The number of halogens is 1. The summed E-state index contributed by atoms with van der Waals surface area (Å²) in [7, 11) is 2.91. The molecule has 1 aromatic carbocycles. The zero-order chi connectivity index (χ0) is 16.0. The van der Waals surface area contributed by atoms with Gasteiger partial charge in [0.1, 0.15) is 22.0 Å². The molecule has 0 radical (unpaired) electrons. The predicted molar refractivity (Wildman–Crippen MR) is 81.0 cm³/mol. The standard InChI is InChI=1S/C14H16BrNO5/c1-4-5-9(14(18)19)16-13(17)8-6-10(20-2)12(15)11(7-8)21-3/h4,6-7,9H,1,5H2,2-3H3,(H,16,17)(H,18,19). The van der Waals surface area contributed by atoms with E-state index in [0.29, 0.717) is 16.0 Å². The van der Waals surface area contributed by atoms with Gasteiger partial charge in [-0.2, -0.15) is 0 Å². The number of carboxylic acids is 1. The molecule has 7 heteroatoms. The van der Waals surface area contributed by atoms with Crippen molar-refractivity contribution in [2.45, 2.75) is 12.5 Å². The number of benzene rings is 1. The van der Waals surface area contributed by atoms with Crippen molar-refractivity contribution in [3.05, 3.63) is 34.8 Å². The molecule has 1 amide bonds. The van der Waals surface area contributed by atoms with Gasteiger partial charge in [0.25, 0.3) is 5.91 Å². The van der Waals surface area contributed by atoms with Crippen LogP contribution in [0.2, 0.25) is 0 Å². The van der Waals surface area contributed by atoms with Crippen LogP contribution in [-0.2, 0) is 4.79 Å². The van der Waals surface area contributed by atoms with Crippen molar-refractivity contribution >= 4 is 27.8 Å². The van der Waals surface area contributed by atoms with E-state index in [0.717, 1.165) is 0 Å². The molecule has 1 unspecified atom stereocenters. The molecule has 0 saturated heterocycles. The van der Waals surface area contributed by atoms with Crippen LogP contribution in [0.15, 0.2) is 29.3 Å². The molecule has 0 aromatic heterocycles. The summed E-state index contributed by atoms with van der Waals surface area (Å²) in [5.74, 6) is -0.835. The zero-order valence-corrected chi connectivity index (χ0v) is 13.3. The summed E-state index contributed by atoms with van der Waals surface area (Å²) in [4.78, 5) is 23.2. The van der Waals surface area contributed by atoms with E-state index in [1.54, 1.807) is 0 Å². The molecule has 1 atom stereocenters. The molecule has 6 nitrogen and oxygen atoms in total. The number of methoxy groups -OCH3 is 2. The van der Waals surface area contributed by atoms with Crippen molar-refractivity contribution in [1.29, 1.82) is 0 Å². The molecular weight excluding hydrogens is 342 g/mol. The van der Waals surface area contributed by atoms with Gasteiger partial charge in [0.15, 0.2) is 0 Å². The summed E-state index contributed by atoms with van der Waals surface area (Å²) in [6.07, 6.45) is 1.56. The van der Waals surface area contributed by atoms with E-state index in [1.807, 2.05) is 0 Å². The smallest absolute Gasteiger partial charge is 0.326 e. The molecule has 114 valence electrons. The van der Waals surface area contributed by atoms with Gasteiger partial charge in [0, 0.05) is 5.56 Å². The highest BCUT2D eigenvalue weighted by Gasteiger charge is 2.21. The quantitative estimate of drug-likeness (QED) is 0.731. The summed E-state index contributed by atoms with van der Waals surface area (Å²) in [6.45, 7) is 3.47. The first-order valence-electron chi connectivity index (χ1n) is 6.00. The molecule has 0 bridgehead atoms. The number of nitrogens with one attached hydrogen (secondary N) is 1. The predicted octanol–water partition coefficient (Wildman–Crippen LogP) is 2.23. The van der Waals surface area contributed by atoms with Crippen LogP contribution in [0.4, 0.5) is 0 Å². The van der Waals surface area contributed by atoms with Crippen LogP contribution in [-0.4, -0.2) is 37.2 Å². The van der Waals surface area contributed by atoms with Crippen molar-refractivity contribution in [3.63, 3.8) is 0 Å². The molecule has 0 spiro atoms. The lowest BCUT2D eigenvalue weighted by Gasteiger charge is -2.15. The fourth-order valence-corrected chi connectivity index (χ4v) is 2.18. The first-order valence-corrected chi connectivity index (χ1v) is 6.80. The number of carboxylic acid groups (broad SMARTS) is 1. The SMILES string of the molecule is C=CCC(NC(=O)c1cc(OC)c(Br)c(OC)c1)C(=O)O. The lowest BCUT2D eigenvalue weighted by Crippen LogP contribution is -2.40. The highest BCUT2D eigenvalue weighted by molar-refractivity contribution is 9.10. The van der Waals surface area contributed by atoms with E-state index in [2.05, 4.69) is 27.8 Å². The molecule has 0 saturated carbocycles. The Morgan fingerprint density at radius 2 is 1.90 bits per heavy atom. The van der Waals surface area contributed by atoms with Gasteiger partial charge in [-0.25, -0.2) is 4.79 Å². The molecule has 21 heavy (non-hydrogen) atoms. The largest absolute Gasteiger partial charge is 0.495 e. The lowest BCUT2D eigenvalue weighted by molar-refractivity contribution is -0.139. The first-order chi connectivity index (χ1) is 9.94. The third kappa shape index (κ3) is 4.22. The van der Waals surface area contributed by atoms with Gasteiger partial charge in [0.05, 0.1) is 14.2 Å². The monoisotopic (exact) mass is 357 g/mol. The Balaban J connectivity index is 3.06. The van der Waals surface area contributed by atoms with Crippen LogP contribution < -0.4 is 14.8 Å². The Hall–Kier alpha value is -2.02. The second kappa shape index (κ2) is 7.68. The molecule has 0 heterocycles. The van der Waals surface area contributed by atoms with Gasteiger partial charge in [-0.15, -0.1) is 6.58 Å². The summed E-state index contributed by atoms with van der Waals surface area (Å²) in [6, 6.07) is 1.96. The number of aliphatic carboxylic acids is 1. The summed E-state index contributed by atoms with van der Waals surface area (Å²) < 4.78 is 10.9. The van der Waals surface area contributed by atoms with Gasteiger partial charge >= 0.3 is 5.97 Å². The molecule has 0 aliphatic carbocycles. The number of hydrogen-bond donors (Lipinski definition) is 2. The van der Waals surface area contributed by atoms with Crippen LogP contribution in [0.1, 0.15) is 16.8 Å². The molecule has 0 aliphatic rings. The van der Waals surface area contributed by atoms with Gasteiger partial charge < -0.3 is 19.9 Å². The Labute approximate surface area is 130 Å². The topological polar surface area (TPSA) is 84.9 Å². The molecular formula is C14H16BrNO5. The number of amides is 1. The first kappa shape index (κ1) is 17.0. The summed E-state index contributed by atoms with van der Waals surface area (Å²) in [5, 5.41) is 11.4. The number of hydrogen-bond acceptors (Lipinski definition) is 4. The Morgan fingerprint density at radius 3 is 2.29 bits per heavy atom. The van der Waals surface area contributed by atoms with E-state index >= 15 is 0 Å². The van der Waals surface area contributed by atoms with E-state index in [1.165, 1.54) is 32.4 Å². The molecule has 1 rings (SSSR count). The second-order valence-electron chi connectivity index (χ2n) is 4.08. The van der Waals surface area contributed by atoms with Crippen molar-refractivity contribution < 1.29 is 24.2 Å². The fourth-order valence-electron chi connectivity index (χ4n) is 1.63. The maximum Gasteiger partial charge on any atom is 0.326 e. The lowest BCUT2D eigenvalue weighted by atomic mass is 10.1. The van der Waals surface area contributed by atoms with Crippen LogP contribution in [0.5, 0.6) is 11.5 Å². The van der Waals surface area contributed by atoms with Crippen molar-refractivity contribution in [1.82, 2.24) is 5.32 Å². The minimum absolute atomic E-state index is 0.131. The average molecular weight is 358 g/mol. The molecule has 0 aliphatic heterocycles. The summed E-state index contributed by atoms with van der Waals surface area (Å²) >= 11 is 3.29. The zero-order valence-electron chi connectivity index (χ0n) is 11.7. The Morgan fingerprint density at radius 1 is 1.38 bits per heavy atom. The average Bonchev–Trinajstić information content (AvgIpc) is 2.46. The van der Waals surface area contributed by atoms with E-state index < -0.39 is 17.9 Å². The third-order valence-electron chi connectivity index (χ3n) is 2.71. The number of carbonyl (C=O) groups excluding carboxylic acids is 1. The number of carbonyl (C=O) groups is 2. The van der Waals surface area contributed by atoms with Crippen LogP contribution in [0.3, 0.4) is 0 Å². The van der Waals surface area contributed by atoms with Gasteiger partial charge in [-0.1, -0.05) is 6.08 Å². The normalized spacial score (nSPS) is 11.4. The van der Waals surface area contributed by atoms with E-state index in [9.17, 15) is 9.59 Å². The highest BCUT2D eigenvalue weighted by atomic mass is 79.9. The van der Waals surface area contributed by atoms with Crippen LogP contribution in [0.25, 0.3) is 0 Å².